The highest BCUT2D eigenvalue weighted by Crippen LogP contribution is 2.35. The smallest absolute Gasteiger partial charge is 0.363 e. The molecule has 0 saturated heterocycles. The average Bonchev–Trinajstić information content (AvgIpc) is 2.80. The molecular weight excluding hydrogens is 573 g/mol. The van der Waals surface area contributed by atoms with E-state index >= 15 is 0 Å². The SMILES string of the molecule is COCN(c1cc(Cl)cnc1C(=O)c1ccnc(NS(C)(=O)=O)c1)S(=O)(=O)c1ccc(C)c(C(F)(F)F)c1. The van der Waals surface area contributed by atoms with Gasteiger partial charge in [0, 0.05) is 25.1 Å². The molecule has 0 aliphatic heterocycles. The first-order valence-corrected chi connectivity index (χ1v) is 14.1. The number of nitrogens with zero attached hydrogens (tertiary/aromatic N) is 3. The third-order valence-electron chi connectivity index (χ3n) is 4.98. The van der Waals surface area contributed by atoms with Crippen molar-refractivity contribution < 1.29 is 39.5 Å². The van der Waals surface area contributed by atoms with E-state index in [-0.39, 0.29) is 27.7 Å². The lowest BCUT2D eigenvalue weighted by Gasteiger charge is -2.25. The lowest BCUT2D eigenvalue weighted by molar-refractivity contribution is -0.138. The van der Waals surface area contributed by atoms with Crippen LogP contribution in [0.1, 0.15) is 27.2 Å². The Morgan fingerprint density at radius 2 is 1.79 bits per heavy atom. The predicted molar refractivity (Wildman–Crippen MR) is 133 cm³/mol. The molecule has 0 bridgehead atoms. The van der Waals surface area contributed by atoms with E-state index in [9.17, 15) is 34.8 Å². The van der Waals surface area contributed by atoms with Crippen LogP contribution in [0.5, 0.6) is 0 Å². The monoisotopic (exact) mass is 592 g/mol. The number of pyridine rings is 2. The molecule has 0 aliphatic carbocycles. The van der Waals surface area contributed by atoms with Gasteiger partial charge in [-0.2, -0.15) is 13.2 Å². The Balaban J connectivity index is 2.17. The van der Waals surface area contributed by atoms with E-state index in [0.717, 1.165) is 50.0 Å². The van der Waals surface area contributed by atoms with Crippen LogP contribution >= 0.6 is 11.6 Å². The summed E-state index contributed by atoms with van der Waals surface area (Å²) >= 11 is 6.04. The van der Waals surface area contributed by atoms with E-state index in [1.165, 1.54) is 13.0 Å². The van der Waals surface area contributed by atoms with E-state index in [2.05, 4.69) is 14.7 Å². The lowest BCUT2D eigenvalue weighted by Crippen LogP contribution is -2.34. The van der Waals surface area contributed by atoms with Gasteiger partial charge >= 0.3 is 6.18 Å². The molecule has 0 aliphatic rings. The van der Waals surface area contributed by atoms with Gasteiger partial charge in [0.25, 0.3) is 10.0 Å². The van der Waals surface area contributed by atoms with Crippen LogP contribution in [-0.2, 0) is 31.0 Å². The molecule has 16 heteroatoms. The van der Waals surface area contributed by atoms with Gasteiger partial charge in [0.05, 0.1) is 27.4 Å². The average molecular weight is 593 g/mol. The Morgan fingerprint density at radius 1 is 1.11 bits per heavy atom. The number of alkyl halides is 3. The highest BCUT2D eigenvalue weighted by atomic mass is 35.5. The van der Waals surface area contributed by atoms with Gasteiger partial charge in [-0.25, -0.2) is 31.1 Å². The second-order valence-corrected chi connectivity index (χ2v) is 11.9. The minimum Gasteiger partial charge on any atom is -0.363 e. The summed E-state index contributed by atoms with van der Waals surface area (Å²) in [5.74, 6) is -1.04. The second kappa shape index (κ2) is 10.8. The molecule has 0 amide bonds. The number of hydrogen-bond donors (Lipinski definition) is 1. The number of anilines is 2. The van der Waals surface area contributed by atoms with Crippen LogP contribution in [0.3, 0.4) is 0 Å². The topological polar surface area (TPSA) is 136 Å². The molecule has 10 nitrogen and oxygen atoms in total. The van der Waals surface area contributed by atoms with E-state index in [1.807, 2.05) is 0 Å². The first kappa shape index (κ1) is 29.3. The van der Waals surface area contributed by atoms with Crippen LogP contribution in [0, 0.1) is 6.92 Å². The fraction of sp³-hybridized carbons (Fsp3) is 0.227. The van der Waals surface area contributed by atoms with Crippen molar-refractivity contribution in [1.29, 1.82) is 0 Å². The number of ether oxygens (including phenoxy) is 1. The van der Waals surface area contributed by atoms with Gasteiger partial charge < -0.3 is 4.74 Å². The van der Waals surface area contributed by atoms with Crippen molar-refractivity contribution in [2.24, 2.45) is 0 Å². The van der Waals surface area contributed by atoms with Gasteiger partial charge in [-0.05, 0) is 42.8 Å². The van der Waals surface area contributed by atoms with Gasteiger partial charge in [-0.1, -0.05) is 17.7 Å². The molecule has 1 N–H and O–H groups in total. The number of ketones is 1. The third kappa shape index (κ3) is 6.59. The van der Waals surface area contributed by atoms with Crippen LogP contribution in [0.15, 0.2) is 53.7 Å². The molecular formula is C22H20ClF3N4O6S2. The summed E-state index contributed by atoms with van der Waals surface area (Å²) < 4.78 is 98.3. The molecule has 0 radical (unpaired) electrons. The maximum Gasteiger partial charge on any atom is 0.416 e. The van der Waals surface area contributed by atoms with Gasteiger partial charge in [-0.3, -0.25) is 9.52 Å². The number of nitrogens with one attached hydrogen (secondary N) is 1. The number of methoxy groups -OCH3 is 1. The lowest BCUT2D eigenvalue weighted by atomic mass is 10.1. The molecule has 0 saturated carbocycles. The maximum absolute atomic E-state index is 13.6. The Labute approximate surface area is 221 Å². The molecule has 0 fully saturated rings. The third-order valence-corrected chi connectivity index (χ3v) is 7.50. The number of halogens is 4. The molecule has 2 heterocycles. The van der Waals surface area contributed by atoms with Crippen molar-refractivity contribution in [2.75, 3.05) is 29.1 Å². The van der Waals surface area contributed by atoms with Crippen LogP contribution in [0.2, 0.25) is 5.02 Å². The zero-order valence-electron chi connectivity index (χ0n) is 19.9. The van der Waals surface area contributed by atoms with E-state index in [1.54, 1.807) is 0 Å². The largest absolute Gasteiger partial charge is 0.416 e. The highest BCUT2D eigenvalue weighted by Gasteiger charge is 2.36. The number of rotatable bonds is 9. The minimum absolute atomic E-state index is 0.0816. The summed E-state index contributed by atoms with van der Waals surface area (Å²) in [6.07, 6.45) is -1.73. The van der Waals surface area contributed by atoms with Gasteiger partial charge in [0.2, 0.25) is 15.8 Å². The molecule has 3 aromatic rings. The zero-order chi connectivity index (χ0) is 28.5. The Morgan fingerprint density at radius 3 is 2.39 bits per heavy atom. The summed E-state index contributed by atoms with van der Waals surface area (Å²) in [7, 11) is -7.33. The summed E-state index contributed by atoms with van der Waals surface area (Å²) in [4.78, 5) is 20.4. The minimum atomic E-state index is -4.82. The number of aryl methyl sites for hydroxylation is 1. The van der Waals surface area contributed by atoms with Gasteiger partial charge in [0.15, 0.2) is 0 Å². The fourth-order valence-corrected chi connectivity index (χ4v) is 5.38. The Bertz CT molecular complexity index is 1600. The molecule has 1 aromatic carbocycles. The first-order chi connectivity index (χ1) is 17.5. The zero-order valence-corrected chi connectivity index (χ0v) is 22.3. The fourth-order valence-electron chi connectivity index (χ4n) is 3.33. The first-order valence-electron chi connectivity index (χ1n) is 10.4. The van der Waals surface area contributed by atoms with Crippen LogP contribution in [0.4, 0.5) is 24.7 Å². The molecule has 0 atom stereocenters. The number of hydrogen-bond acceptors (Lipinski definition) is 8. The Hall–Kier alpha value is -3.27. The van der Waals surface area contributed by atoms with Crippen molar-refractivity contribution in [3.05, 3.63) is 76.2 Å². The highest BCUT2D eigenvalue weighted by molar-refractivity contribution is 7.93. The van der Waals surface area contributed by atoms with Crippen LogP contribution in [0.25, 0.3) is 0 Å². The number of benzene rings is 1. The van der Waals surface area contributed by atoms with Gasteiger partial charge in [0.1, 0.15) is 18.2 Å². The standard InChI is InChI=1S/C22H20ClF3N4O6S2/c1-13-4-5-16(10-17(13)22(24,25)26)38(34,35)30(12-36-2)18-9-15(23)11-28-20(18)21(31)14-6-7-27-19(8-14)29-37(3,32)33/h4-11H,12H2,1-3H3,(H,27,29). The quantitative estimate of drug-likeness (QED) is 0.292. The van der Waals surface area contributed by atoms with Crippen molar-refractivity contribution in [3.8, 4) is 0 Å². The normalized spacial score (nSPS) is 12.3. The molecule has 2 aromatic heterocycles. The van der Waals surface area contributed by atoms with E-state index in [4.69, 9.17) is 16.3 Å². The summed E-state index contributed by atoms with van der Waals surface area (Å²) in [6.45, 7) is 0.475. The Kier molecular flexibility index (Phi) is 8.36. The molecule has 3 rings (SSSR count). The molecule has 38 heavy (non-hydrogen) atoms. The van der Waals surface area contributed by atoms with E-state index < -0.39 is 54.9 Å². The van der Waals surface area contributed by atoms with Crippen molar-refractivity contribution >= 4 is 48.9 Å². The predicted octanol–water partition coefficient (Wildman–Crippen LogP) is 3.86. The van der Waals surface area contributed by atoms with Crippen molar-refractivity contribution in [1.82, 2.24) is 9.97 Å². The van der Waals surface area contributed by atoms with Crippen molar-refractivity contribution in [2.45, 2.75) is 18.0 Å². The van der Waals surface area contributed by atoms with Crippen LogP contribution in [-0.4, -0.2) is 52.7 Å². The number of carbonyl (C=O) groups is 1. The summed E-state index contributed by atoms with van der Waals surface area (Å²) in [5.41, 5.74) is -2.29. The molecule has 204 valence electrons. The molecule has 0 spiro atoms. The van der Waals surface area contributed by atoms with Crippen molar-refractivity contribution in [3.63, 3.8) is 0 Å². The van der Waals surface area contributed by atoms with Crippen LogP contribution < -0.4 is 9.03 Å². The second-order valence-electron chi connectivity index (χ2n) is 7.90. The number of sulfonamides is 2. The number of carbonyl (C=O) groups excluding carboxylic acids is 1. The van der Waals surface area contributed by atoms with Gasteiger partial charge in [-0.15, -0.1) is 0 Å². The van der Waals surface area contributed by atoms with E-state index in [0.29, 0.717) is 10.4 Å². The summed E-state index contributed by atoms with van der Waals surface area (Å²) in [5, 5.41) is -0.0816. The molecule has 0 unspecified atom stereocenters. The number of aromatic nitrogens is 2. The maximum atomic E-state index is 13.6. The summed E-state index contributed by atoms with van der Waals surface area (Å²) in [6, 6.07) is 5.92.